The van der Waals surface area contributed by atoms with Crippen molar-refractivity contribution in [1.82, 2.24) is 4.98 Å². The van der Waals surface area contributed by atoms with E-state index in [0.717, 1.165) is 0 Å². The van der Waals surface area contributed by atoms with Gasteiger partial charge in [0.05, 0.1) is 0 Å². The lowest BCUT2D eigenvalue weighted by Crippen LogP contribution is -2.52. The van der Waals surface area contributed by atoms with E-state index in [-0.39, 0.29) is 0 Å². The molecule has 1 nitrogen and oxygen atoms in total. The Hall–Kier alpha value is -1.41. The van der Waals surface area contributed by atoms with Crippen LogP contribution in [-0.4, -0.2) is 13.1 Å². The molecule has 0 fully saturated rings. The summed E-state index contributed by atoms with van der Waals surface area (Å²) in [6, 6.07) is 15.2. The Morgan fingerprint density at radius 2 is 1.56 bits per heavy atom. The molecule has 2 heteroatoms. The van der Waals surface area contributed by atoms with E-state index in [1.54, 1.807) is 0 Å². The van der Waals surface area contributed by atoms with Crippen molar-refractivity contribution in [3.05, 3.63) is 54.4 Å². The summed E-state index contributed by atoms with van der Waals surface area (Å²) in [7, 11) is -1.58. The molecule has 2 aromatic rings. The van der Waals surface area contributed by atoms with Crippen molar-refractivity contribution < 1.29 is 0 Å². The Kier molecular flexibility index (Phi) is 3.67. The molecule has 0 atom stereocenters. The standard InChI is InChI=1S/C16H21NSi/c1-13(2)16-11-10-15(12-17-16)18(3,4)14-8-6-5-7-9-14/h5-13H,1-4H3. The summed E-state index contributed by atoms with van der Waals surface area (Å²) < 4.78 is 0. The van der Waals surface area contributed by atoms with Crippen LogP contribution in [0.25, 0.3) is 0 Å². The topological polar surface area (TPSA) is 12.9 Å². The molecule has 0 aliphatic heterocycles. The van der Waals surface area contributed by atoms with Crippen LogP contribution in [-0.2, 0) is 0 Å². The van der Waals surface area contributed by atoms with Gasteiger partial charge in [-0.3, -0.25) is 4.98 Å². The van der Waals surface area contributed by atoms with E-state index in [1.807, 2.05) is 0 Å². The van der Waals surface area contributed by atoms with Gasteiger partial charge in [-0.15, -0.1) is 0 Å². The lowest BCUT2D eigenvalue weighted by Gasteiger charge is -2.23. The number of hydrogen-bond acceptors (Lipinski definition) is 1. The maximum absolute atomic E-state index is 4.60. The molecule has 0 bridgehead atoms. The van der Waals surface area contributed by atoms with Crippen molar-refractivity contribution in [2.24, 2.45) is 0 Å². The molecule has 0 saturated heterocycles. The largest absolute Gasteiger partial charge is 0.261 e. The number of pyridine rings is 1. The molecular formula is C16H21NSi. The van der Waals surface area contributed by atoms with Crippen molar-refractivity contribution in [1.29, 1.82) is 0 Å². The highest BCUT2D eigenvalue weighted by Crippen LogP contribution is 2.10. The van der Waals surface area contributed by atoms with Crippen molar-refractivity contribution in [3.63, 3.8) is 0 Å². The van der Waals surface area contributed by atoms with E-state index in [1.165, 1.54) is 16.1 Å². The van der Waals surface area contributed by atoms with Crippen molar-refractivity contribution in [2.75, 3.05) is 0 Å². The number of hydrogen-bond donors (Lipinski definition) is 0. The van der Waals surface area contributed by atoms with Gasteiger partial charge in [-0.1, -0.05) is 68.5 Å². The molecule has 0 spiro atoms. The minimum Gasteiger partial charge on any atom is -0.261 e. The first kappa shape index (κ1) is 13.0. The second-order valence-electron chi connectivity index (χ2n) is 5.62. The fraction of sp³-hybridized carbons (Fsp3) is 0.312. The third kappa shape index (κ3) is 2.54. The van der Waals surface area contributed by atoms with Crippen LogP contribution in [0.2, 0.25) is 13.1 Å². The molecule has 0 amide bonds. The van der Waals surface area contributed by atoms with Crippen LogP contribution in [0.1, 0.15) is 25.5 Å². The first-order valence-corrected chi connectivity index (χ1v) is 9.54. The highest BCUT2D eigenvalue weighted by molar-refractivity contribution is 7.00. The van der Waals surface area contributed by atoms with Crippen molar-refractivity contribution >= 4 is 18.4 Å². The number of aromatic nitrogens is 1. The van der Waals surface area contributed by atoms with Crippen LogP contribution in [0.15, 0.2) is 48.7 Å². The predicted molar refractivity (Wildman–Crippen MR) is 81.5 cm³/mol. The normalized spacial score (nSPS) is 11.8. The van der Waals surface area contributed by atoms with Crippen LogP contribution in [0, 0.1) is 0 Å². The molecule has 1 aromatic carbocycles. The zero-order chi connectivity index (χ0) is 13.2. The summed E-state index contributed by atoms with van der Waals surface area (Å²) in [5.74, 6) is 0.501. The van der Waals surface area contributed by atoms with Gasteiger partial charge in [-0.25, -0.2) is 0 Å². The summed E-state index contributed by atoms with van der Waals surface area (Å²) in [6.07, 6.45) is 2.08. The van der Waals surface area contributed by atoms with Crippen LogP contribution in [0.4, 0.5) is 0 Å². The van der Waals surface area contributed by atoms with Gasteiger partial charge in [-0.2, -0.15) is 0 Å². The maximum Gasteiger partial charge on any atom is 0.114 e. The zero-order valence-electron chi connectivity index (χ0n) is 11.6. The predicted octanol–water partition coefficient (Wildman–Crippen LogP) is 3.03. The van der Waals surface area contributed by atoms with Gasteiger partial charge in [0.25, 0.3) is 0 Å². The molecule has 18 heavy (non-hydrogen) atoms. The maximum atomic E-state index is 4.60. The van der Waals surface area contributed by atoms with Crippen LogP contribution in [0.3, 0.4) is 0 Å². The first-order valence-electron chi connectivity index (χ1n) is 6.54. The summed E-state index contributed by atoms with van der Waals surface area (Å²) >= 11 is 0. The van der Waals surface area contributed by atoms with Gasteiger partial charge >= 0.3 is 0 Å². The highest BCUT2D eigenvalue weighted by Gasteiger charge is 2.25. The monoisotopic (exact) mass is 255 g/mol. The van der Waals surface area contributed by atoms with Crippen LogP contribution < -0.4 is 10.4 Å². The molecule has 0 N–H and O–H groups in total. The SMILES string of the molecule is CC(C)c1ccc([Si](C)(C)c2ccccc2)cn1. The summed E-state index contributed by atoms with van der Waals surface area (Å²) in [6.45, 7) is 9.13. The lowest BCUT2D eigenvalue weighted by atomic mass is 10.1. The van der Waals surface area contributed by atoms with E-state index in [4.69, 9.17) is 0 Å². The second-order valence-corrected chi connectivity index (χ2v) is 10.0. The summed E-state index contributed by atoms with van der Waals surface area (Å²) in [4.78, 5) is 4.60. The lowest BCUT2D eigenvalue weighted by molar-refractivity contribution is 0.824. The number of nitrogens with zero attached hydrogens (tertiary/aromatic N) is 1. The second kappa shape index (κ2) is 5.07. The Morgan fingerprint density at radius 1 is 0.889 bits per heavy atom. The van der Waals surface area contributed by atoms with Crippen molar-refractivity contribution in [3.8, 4) is 0 Å². The minimum atomic E-state index is -1.58. The van der Waals surface area contributed by atoms with E-state index < -0.39 is 8.07 Å². The zero-order valence-corrected chi connectivity index (χ0v) is 12.6. The molecule has 0 radical (unpaired) electrons. The van der Waals surface area contributed by atoms with Crippen molar-refractivity contribution in [2.45, 2.75) is 32.9 Å². The number of rotatable bonds is 3. The first-order chi connectivity index (χ1) is 8.51. The molecule has 0 saturated carbocycles. The highest BCUT2D eigenvalue weighted by atomic mass is 28.3. The van der Waals surface area contributed by atoms with E-state index in [0.29, 0.717) is 5.92 Å². The molecule has 0 aliphatic carbocycles. The summed E-state index contributed by atoms with van der Waals surface area (Å²) in [5, 5.41) is 2.86. The molecule has 94 valence electrons. The Bertz CT molecular complexity index is 500. The van der Waals surface area contributed by atoms with E-state index in [2.05, 4.69) is 80.6 Å². The Morgan fingerprint density at radius 3 is 2.06 bits per heavy atom. The Balaban J connectivity index is 2.36. The minimum absolute atomic E-state index is 0.501. The quantitative estimate of drug-likeness (QED) is 0.768. The fourth-order valence-corrected chi connectivity index (χ4v) is 4.38. The van der Waals surface area contributed by atoms with Gasteiger partial charge in [0.1, 0.15) is 8.07 Å². The molecule has 0 aliphatic rings. The molecule has 2 rings (SSSR count). The summed E-state index contributed by atoms with van der Waals surface area (Å²) in [5.41, 5.74) is 1.18. The molecule has 1 heterocycles. The van der Waals surface area contributed by atoms with Gasteiger partial charge < -0.3 is 0 Å². The van der Waals surface area contributed by atoms with Gasteiger partial charge in [0.2, 0.25) is 0 Å². The van der Waals surface area contributed by atoms with Gasteiger partial charge in [0, 0.05) is 11.9 Å². The fourth-order valence-electron chi connectivity index (χ4n) is 2.14. The molecular weight excluding hydrogens is 234 g/mol. The molecule has 1 aromatic heterocycles. The van der Waals surface area contributed by atoms with Crippen LogP contribution in [0.5, 0.6) is 0 Å². The third-order valence-electron chi connectivity index (χ3n) is 3.60. The third-order valence-corrected chi connectivity index (χ3v) is 7.11. The number of benzene rings is 1. The van der Waals surface area contributed by atoms with E-state index >= 15 is 0 Å². The van der Waals surface area contributed by atoms with Gasteiger partial charge in [-0.05, 0) is 17.2 Å². The van der Waals surface area contributed by atoms with Crippen LogP contribution >= 0.6 is 0 Å². The molecule has 0 unspecified atom stereocenters. The average molecular weight is 255 g/mol. The Labute approximate surface area is 111 Å². The van der Waals surface area contributed by atoms with Gasteiger partial charge in [0.15, 0.2) is 0 Å². The average Bonchev–Trinajstić information content (AvgIpc) is 2.40. The van der Waals surface area contributed by atoms with E-state index in [9.17, 15) is 0 Å². The smallest absolute Gasteiger partial charge is 0.114 e.